The number of halogens is 1. The zero-order valence-corrected chi connectivity index (χ0v) is 12.5. The number of rotatable bonds is 5. The van der Waals surface area contributed by atoms with E-state index in [-0.39, 0.29) is 5.82 Å². The topological polar surface area (TPSA) is 27.3 Å². The fraction of sp³-hybridized carbons (Fsp3) is 0.533. The summed E-state index contributed by atoms with van der Waals surface area (Å²) in [7, 11) is 0. The summed E-state index contributed by atoms with van der Waals surface area (Å²) in [6.45, 7) is 4.42. The third-order valence-electron chi connectivity index (χ3n) is 3.47. The fourth-order valence-electron chi connectivity index (χ4n) is 2.43. The zero-order chi connectivity index (χ0) is 14.2. The maximum atomic E-state index is 13.0. The monoisotopic (exact) mass is 295 g/mol. The van der Waals surface area contributed by atoms with Gasteiger partial charge in [0.25, 0.3) is 0 Å². The molecule has 0 aliphatic carbocycles. The van der Waals surface area contributed by atoms with E-state index in [0.29, 0.717) is 10.8 Å². The quantitative estimate of drug-likeness (QED) is 0.645. The molecule has 0 aromatic heterocycles. The summed E-state index contributed by atoms with van der Waals surface area (Å²) in [6.07, 6.45) is 5.10. The standard InChI is InChI=1S/C15H22FN3S/c16-13-6-4-7-14(12-13)18-15(20)17-8-5-11-19-9-2-1-3-10-19/h4,6-7,12H,1-3,5,8-11H2,(H2,17,18,20). The van der Waals surface area contributed by atoms with Gasteiger partial charge in [-0.2, -0.15) is 0 Å². The van der Waals surface area contributed by atoms with Crippen molar-refractivity contribution in [2.75, 3.05) is 31.5 Å². The molecule has 2 rings (SSSR count). The van der Waals surface area contributed by atoms with Crippen molar-refractivity contribution in [2.45, 2.75) is 25.7 Å². The zero-order valence-electron chi connectivity index (χ0n) is 11.7. The minimum absolute atomic E-state index is 0.261. The molecule has 0 atom stereocenters. The van der Waals surface area contributed by atoms with Gasteiger partial charge in [-0.25, -0.2) is 4.39 Å². The number of hydrogen-bond donors (Lipinski definition) is 2. The smallest absolute Gasteiger partial charge is 0.170 e. The Hall–Kier alpha value is -1.20. The van der Waals surface area contributed by atoms with Crippen LogP contribution in [-0.4, -0.2) is 36.2 Å². The van der Waals surface area contributed by atoms with Gasteiger partial charge in [0, 0.05) is 12.2 Å². The van der Waals surface area contributed by atoms with Crippen LogP contribution in [0.25, 0.3) is 0 Å². The van der Waals surface area contributed by atoms with Gasteiger partial charge in [0.15, 0.2) is 5.11 Å². The number of piperidine rings is 1. The number of nitrogens with one attached hydrogen (secondary N) is 2. The maximum absolute atomic E-state index is 13.0. The number of likely N-dealkylation sites (tertiary alicyclic amines) is 1. The summed E-state index contributed by atoms with van der Waals surface area (Å²) >= 11 is 5.19. The summed E-state index contributed by atoms with van der Waals surface area (Å²) in [5, 5.41) is 6.70. The molecule has 1 aromatic rings. The van der Waals surface area contributed by atoms with Crippen LogP contribution in [0.4, 0.5) is 10.1 Å². The van der Waals surface area contributed by atoms with E-state index >= 15 is 0 Å². The van der Waals surface area contributed by atoms with Gasteiger partial charge in [0.2, 0.25) is 0 Å². The van der Waals surface area contributed by atoms with Crippen LogP contribution in [0.15, 0.2) is 24.3 Å². The molecule has 0 amide bonds. The van der Waals surface area contributed by atoms with E-state index in [0.717, 1.165) is 19.5 Å². The van der Waals surface area contributed by atoms with E-state index in [1.807, 2.05) is 0 Å². The van der Waals surface area contributed by atoms with E-state index < -0.39 is 0 Å². The molecule has 0 bridgehead atoms. The second-order valence-corrected chi connectivity index (χ2v) is 5.56. The van der Waals surface area contributed by atoms with Crippen molar-refractivity contribution in [1.29, 1.82) is 0 Å². The molecule has 1 aliphatic heterocycles. The van der Waals surface area contributed by atoms with Crippen LogP contribution in [0.2, 0.25) is 0 Å². The minimum Gasteiger partial charge on any atom is -0.362 e. The number of thiocarbonyl (C=S) groups is 1. The van der Waals surface area contributed by atoms with Gasteiger partial charge in [-0.05, 0) is 69.3 Å². The molecule has 1 aliphatic rings. The number of nitrogens with zero attached hydrogens (tertiary/aromatic N) is 1. The van der Waals surface area contributed by atoms with Gasteiger partial charge in [0.1, 0.15) is 5.82 Å². The van der Waals surface area contributed by atoms with E-state index in [2.05, 4.69) is 15.5 Å². The first kappa shape index (κ1) is 15.2. The van der Waals surface area contributed by atoms with Crippen LogP contribution in [-0.2, 0) is 0 Å². The van der Waals surface area contributed by atoms with Gasteiger partial charge < -0.3 is 15.5 Å². The van der Waals surface area contributed by atoms with Crippen LogP contribution in [0.1, 0.15) is 25.7 Å². The first-order valence-corrected chi connectivity index (χ1v) is 7.67. The second-order valence-electron chi connectivity index (χ2n) is 5.15. The number of anilines is 1. The summed E-state index contributed by atoms with van der Waals surface area (Å²) < 4.78 is 13.0. The Bertz CT molecular complexity index is 433. The Morgan fingerprint density at radius 2 is 2.05 bits per heavy atom. The van der Waals surface area contributed by atoms with E-state index in [9.17, 15) is 4.39 Å². The van der Waals surface area contributed by atoms with E-state index in [1.165, 1.54) is 44.5 Å². The van der Waals surface area contributed by atoms with Crippen molar-refractivity contribution < 1.29 is 4.39 Å². The lowest BCUT2D eigenvalue weighted by Crippen LogP contribution is -2.34. The van der Waals surface area contributed by atoms with Crippen molar-refractivity contribution in [2.24, 2.45) is 0 Å². The van der Waals surface area contributed by atoms with E-state index in [4.69, 9.17) is 12.2 Å². The Morgan fingerprint density at radius 1 is 1.25 bits per heavy atom. The molecule has 0 saturated carbocycles. The van der Waals surface area contributed by atoms with E-state index in [1.54, 1.807) is 12.1 Å². The highest BCUT2D eigenvalue weighted by atomic mass is 32.1. The lowest BCUT2D eigenvalue weighted by Gasteiger charge is -2.26. The van der Waals surface area contributed by atoms with Crippen molar-refractivity contribution in [3.63, 3.8) is 0 Å². The van der Waals surface area contributed by atoms with Crippen LogP contribution >= 0.6 is 12.2 Å². The fourth-order valence-corrected chi connectivity index (χ4v) is 2.65. The molecule has 1 saturated heterocycles. The van der Waals surface area contributed by atoms with Crippen LogP contribution in [0, 0.1) is 5.82 Å². The van der Waals surface area contributed by atoms with Crippen molar-refractivity contribution in [3.8, 4) is 0 Å². The minimum atomic E-state index is -0.261. The average Bonchev–Trinajstić information content (AvgIpc) is 2.45. The third-order valence-corrected chi connectivity index (χ3v) is 3.71. The molecule has 5 heteroatoms. The molecule has 0 spiro atoms. The third kappa shape index (κ3) is 5.43. The molecule has 0 radical (unpaired) electrons. The second kappa shape index (κ2) is 8.17. The highest BCUT2D eigenvalue weighted by Crippen LogP contribution is 2.09. The molecular formula is C15H22FN3S. The predicted octanol–water partition coefficient (Wildman–Crippen LogP) is 2.99. The average molecular weight is 295 g/mol. The van der Waals surface area contributed by atoms with Crippen molar-refractivity contribution in [1.82, 2.24) is 10.2 Å². The molecule has 0 unspecified atom stereocenters. The SMILES string of the molecule is Fc1cccc(NC(=S)NCCCN2CCCCC2)c1. The van der Waals surface area contributed by atoms with Crippen LogP contribution < -0.4 is 10.6 Å². The summed E-state index contributed by atoms with van der Waals surface area (Å²) in [4.78, 5) is 2.51. The maximum Gasteiger partial charge on any atom is 0.170 e. The molecule has 1 fully saturated rings. The number of benzene rings is 1. The Kier molecular flexibility index (Phi) is 6.21. The largest absolute Gasteiger partial charge is 0.362 e. The van der Waals surface area contributed by atoms with Crippen molar-refractivity contribution in [3.05, 3.63) is 30.1 Å². The van der Waals surface area contributed by atoms with Gasteiger partial charge in [-0.15, -0.1) is 0 Å². The van der Waals surface area contributed by atoms with Crippen LogP contribution in [0.3, 0.4) is 0 Å². The molecule has 2 N–H and O–H groups in total. The number of hydrogen-bond acceptors (Lipinski definition) is 2. The predicted molar refractivity (Wildman–Crippen MR) is 85.5 cm³/mol. The van der Waals surface area contributed by atoms with Crippen molar-refractivity contribution >= 4 is 23.0 Å². The molecule has 110 valence electrons. The molecule has 1 aromatic carbocycles. The highest BCUT2D eigenvalue weighted by Gasteiger charge is 2.08. The van der Waals surface area contributed by atoms with Gasteiger partial charge >= 0.3 is 0 Å². The first-order chi connectivity index (χ1) is 9.74. The van der Waals surface area contributed by atoms with Gasteiger partial charge in [-0.3, -0.25) is 0 Å². The summed E-state index contributed by atoms with van der Waals surface area (Å²) in [5.74, 6) is -0.261. The molecular weight excluding hydrogens is 273 g/mol. The Labute approximate surface area is 125 Å². The summed E-state index contributed by atoms with van der Waals surface area (Å²) in [5.41, 5.74) is 0.679. The van der Waals surface area contributed by atoms with Gasteiger partial charge in [-0.1, -0.05) is 12.5 Å². The van der Waals surface area contributed by atoms with Gasteiger partial charge in [0.05, 0.1) is 0 Å². The Balaban J connectivity index is 1.60. The molecule has 3 nitrogen and oxygen atoms in total. The lowest BCUT2D eigenvalue weighted by molar-refractivity contribution is 0.227. The summed E-state index contributed by atoms with van der Waals surface area (Å²) in [6, 6.07) is 6.31. The molecule has 1 heterocycles. The first-order valence-electron chi connectivity index (χ1n) is 7.27. The van der Waals surface area contributed by atoms with Crippen LogP contribution in [0.5, 0.6) is 0 Å². The normalized spacial score (nSPS) is 15.8. The lowest BCUT2D eigenvalue weighted by atomic mass is 10.1. The Morgan fingerprint density at radius 3 is 2.80 bits per heavy atom. The highest BCUT2D eigenvalue weighted by molar-refractivity contribution is 7.80. The molecule has 20 heavy (non-hydrogen) atoms.